The molecule has 126 valence electrons. The normalized spacial score (nSPS) is 18.8. The molecule has 1 aliphatic heterocycles. The van der Waals surface area contributed by atoms with Crippen molar-refractivity contribution in [3.8, 4) is 0 Å². The van der Waals surface area contributed by atoms with E-state index in [9.17, 15) is 18.0 Å². The molecule has 0 spiro atoms. The van der Waals surface area contributed by atoms with Gasteiger partial charge in [-0.1, -0.05) is 17.3 Å². The first kappa shape index (κ1) is 16.3. The Balaban J connectivity index is 1.55. The van der Waals surface area contributed by atoms with Crippen molar-refractivity contribution in [3.63, 3.8) is 0 Å². The third kappa shape index (κ3) is 3.67. The fraction of sp³-hybridized carbons (Fsp3) is 0.333. The highest BCUT2D eigenvalue weighted by Crippen LogP contribution is 2.08. The predicted octanol–water partition coefficient (Wildman–Crippen LogP) is -0.00140. The van der Waals surface area contributed by atoms with Crippen LogP contribution in [0.15, 0.2) is 40.5 Å². The van der Waals surface area contributed by atoms with Gasteiger partial charge in [-0.15, -0.1) is 5.10 Å². The standard InChI is InChI=1S/C15H16N4O4S/c20-14(16-11-7-9-24(22,23)10-11)6-3-8-19-15(21)12-4-1-2-5-13(12)17-18-19/h1-2,4-5,7,9,11H,3,6,8,10H2,(H,16,20)/t11-/m1/s1. The summed E-state index contributed by atoms with van der Waals surface area (Å²) in [5.41, 5.74) is 0.288. The van der Waals surface area contributed by atoms with Crippen LogP contribution in [-0.2, 0) is 21.2 Å². The van der Waals surface area contributed by atoms with Crippen LogP contribution in [0.2, 0.25) is 0 Å². The molecule has 0 saturated heterocycles. The quantitative estimate of drug-likeness (QED) is 0.814. The number of nitrogens with zero attached hydrogens (tertiary/aromatic N) is 3. The second-order valence-electron chi connectivity index (χ2n) is 5.57. The summed E-state index contributed by atoms with van der Waals surface area (Å²) in [6, 6.07) is 6.45. The van der Waals surface area contributed by atoms with Crippen molar-refractivity contribution in [2.45, 2.75) is 25.4 Å². The largest absolute Gasteiger partial charge is 0.349 e. The molecule has 1 N–H and O–H groups in total. The highest BCUT2D eigenvalue weighted by Gasteiger charge is 2.22. The minimum atomic E-state index is -3.19. The second-order valence-corrected chi connectivity index (χ2v) is 7.50. The molecule has 1 aliphatic rings. The van der Waals surface area contributed by atoms with Gasteiger partial charge in [-0.25, -0.2) is 13.1 Å². The van der Waals surface area contributed by atoms with E-state index in [1.54, 1.807) is 24.3 Å². The average molecular weight is 348 g/mol. The zero-order chi connectivity index (χ0) is 17.2. The van der Waals surface area contributed by atoms with Crippen LogP contribution in [0.25, 0.3) is 10.9 Å². The number of aromatic nitrogens is 3. The molecule has 1 aromatic heterocycles. The van der Waals surface area contributed by atoms with Crippen LogP contribution in [0.1, 0.15) is 12.8 Å². The van der Waals surface area contributed by atoms with Crippen LogP contribution in [0.4, 0.5) is 0 Å². The summed E-state index contributed by atoms with van der Waals surface area (Å²) in [6.07, 6.45) is 2.04. The van der Waals surface area contributed by atoms with Crippen molar-refractivity contribution in [2.75, 3.05) is 5.75 Å². The number of nitrogens with one attached hydrogen (secondary N) is 1. The highest BCUT2D eigenvalue weighted by atomic mass is 32.2. The van der Waals surface area contributed by atoms with Crippen LogP contribution in [-0.4, -0.2) is 41.1 Å². The number of sulfone groups is 1. The lowest BCUT2D eigenvalue weighted by molar-refractivity contribution is -0.121. The van der Waals surface area contributed by atoms with E-state index < -0.39 is 15.9 Å². The number of aryl methyl sites for hydroxylation is 1. The molecule has 24 heavy (non-hydrogen) atoms. The van der Waals surface area contributed by atoms with E-state index in [0.717, 1.165) is 5.41 Å². The summed E-state index contributed by atoms with van der Waals surface area (Å²) in [6.45, 7) is 0.267. The summed E-state index contributed by atoms with van der Waals surface area (Å²) in [7, 11) is -3.19. The number of rotatable bonds is 5. The number of fused-ring (bicyclic) bond motifs is 1. The minimum Gasteiger partial charge on any atom is -0.349 e. The molecule has 2 heterocycles. The molecule has 0 saturated carbocycles. The maximum atomic E-state index is 12.2. The lowest BCUT2D eigenvalue weighted by Crippen LogP contribution is -2.35. The monoisotopic (exact) mass is 348 g/mol. The van der Waals surface area contributed by atoms with Crippen molar-refractivity contribution in [1.82, 2.24) is 20.3 Å². The summed E-state index contributed by atoms with van der Waals surface area (Å²) in [5.74, 6) is -0.363. The van der Waals surface area contributed by atoms with Crippen LogP contribution in [0.3, 0.4) is 0 Å². The van der Waals surface area contributed by atoms with E-state index in [4.69, 9.17) is 0 Å². The molecule has 1 amide bonds. The van der Waals surface area contributed by atoms with Crippen LogP contribution < -0.4 is 10.9 Å². The lowest BCUT2D eigenvalue weighted by Gasteiger charge is -2.10. The minimum absolute atomic E-state index is 0.103. The molecular formula is C15H16N4O4S. The van der Waals surface area contributed by atoms with Crippen molar-refractivity contribution in [1.29, 1.82) is 0 Å². The Morgan fingerprint density at radius 2 is 2.12 bits per heavy atom. The van der Waals surface area contributed by atoms with E-state index in [2.05, 4.69) is 15.6 Å². The van der Waals surface area contributed by atoms with Gasteiger partial charge in [0.1, 0.15) is 5.52 Å². The Morgan fingerprint density at radius 1 is 1.33 bits per heavy atom. The van der Waals surface area contributed by atoms with Gasteiger partial charge in [-0.05, 0) is 24.6 Å². The number of hydrogen-bond donors (Lipinski definition) is 1. The van der Waals surface area contributed by atoms with Gasteiger partial charge in [0.05, 0.1) is 17.2 Å². The summed E-state index contributed by atoms with van der Waals surface area (Å²) in [5, 5.41) is 12.1. The van der Waals surface area contributed by atoms with Crippen LogP contribution in [0.5, 0.6) is 0 Å². The molecule has 0 aliphatic carbocycles. The highest BCUT2D eigenvalue weighted by molar-refractivity contribution is 7.94. The number of carbonyl (C=O) groups excluding carboxylic acids is 1. The molecule has 9 heteroatoms. The molecule has 3 rings (SSSR count). The maximum Gasteiger partial charge on any atom is 0.277 e. The number of amides is 1. The lowest BCUT2D eigenvalue weighted by atomic mass is 10.2. The molecular weight excluding hydrogens is 332 g/mol. The van der Waals surface area contributed by atoms with E-state index in [-0.39, 0.29) is 30.2 Å². The number of hydrogen-bond acceptors (Lipinski definition) is 6. The van der Waals surface area contributed by atoms with Gasteiger partial charge >= 0.3 is 0 Å². The summed E-state index contributed by atoms with van der Waals surface area (Å²) in [4.78, 5) is 24.1. The van der Waals surface area contributed by atoms with E-state index >= 15 is 0 Å². The Labute approximate surface area is 138 Å². The molecule has 0 fully saturated rings. The van der Waals surface area contributed by atoms with E-state index in [1.807, 2.05) is 0 Å². The van der Waals surface area contributed by atoms with Gasteiger partial charge in [-0.3, -0.25) is 9.59 Å². The van der Waals surface area contributed by atoms with Gasteiger partial charge in [0.2, 0.25) is 5.91 Å². The van der Waals surface area contributed by atoms with Crippen molar-refractivity contribution in [3.05, 3.63) is 46.1 Å². The molecule has 1 atom stereocenters. The molecule has 1 aromatic carbocycles. The smallest absolute Gasteiger partial charge is 0.277 e. The molecule has 0 radical (unpaired) electrons. The zero-order valence-electron chi connectivity index (χ0n) is 12.8. The molecule has 0 unspecified atom stereocenters. The maximum absolute atomic E-state index is 12.2. The fourth-order valence-corrected chi connectivity index (χ4v) is 3.74. The summed E-state index contributed by atoms with van der Waals surface area (Å²) >= 11 is 0. The summed E-state index contributed by atoms with van der Waals surface area (Å²) < 4.78 is 23.8. The SMILES string of the molecule is O=C(CCCn1nnc2ccccc2c1=O)N[C@@H]1C=CS(=O)(=O)C1. The van der Waals surface area contributed by atoms with Gasteiger partial charge in [0.15, 0.2) is 9.84 Å². The molecule has 2 aromatic rings. The third-order valence-corrected chi connectivity index (χ3v) is 5.08. The third-order valence-electron chi connectivity index (χ3n) is 3.68. The van der Waals surface area contributed by atoms with Gasteiger partial charge in [0.25, 0.3) is 5.56 Å². The van der Waals surface area contributed by atoms with E-state index in [0.29, 0.717) is 17.3 Å². The first-order chi connectivity index (χ1) is 11.4. The Morgan fingerprint density at radius 3 is 2.88 bits per heavy atom. The molecule has 8 nitrogen and oxygen atoms in total. The first-order valence-electron chi connectivity index (χ1n) is 7.47. The van der Waals surface area contributed by atoms with Crippen molar-refractivity contribution >= 4 is 26.6 Å². The Kier molecular flexibility index (Phi) is 4.43. The first-order valence-corrected chi connectivity index (χ1v) is 9.19. The second kappa shape index (κ2) is 6.52. The van der Waals surface area contributed by atoms with E-state index in [1.165, 1.54) is 10.8 Å². The fourth-order valence-electron chi connectivity index (χ4n) is 2.50. The number of benzene rings is 1. The number of carbonyl (C=O) groups is 1. The zero-order valence-corrected chi connectivity index (χ0v) is 13.6. The van der Waals surface area contributed by atoms with Crippen LogP contribution >= 0.6 is 0 Å². The van der Waals surface area contributed by atoms with Gasteiger partial charge in [0, 0.05) is 18.4 Å². The van der Waals surface area contributed by atoms with Gasteiger partial charge < -0.3 is 5.32 Å². The topological polar surface area (TPSA) is 111 Å². The van der Waals surface area contributed by atoms with Crippen LogP contribution in [0, 0.1) is 0 Å². The Bertz CT molecular complexity index is 965. The van der Waals surface area contributed by atoms with Crippen molar-refractivity contribution in [2.24, 2.45) is 0 Å². The van der Waals surface area contributed by atoms with Crippen molar-refractivity contribution < 1.29 is 13.2 Å². The molecule has 0 bridgehead atoms. The Hall–Kier alpha value is -2.55. The van der Waals surface area contributed by atoms with Gasteiger partial charge in [-0.2, -0.15) is 0 Å². The predicted molar refractivity (Wildman–Crippen MR) is 87.9 cm³/mol. The average Bonchev–Trinajstić information content (AvgIpc) is 2.88.